The number of nitrogens with zero attached hydrogens (tertiary/aromatic N) is 4. The summed E-state index contributed by atoms with van der Waals surface area (Å²) in [6, 6.07) is 9.48. The number of aromatic nitrogens is 2. The first-order valence-corrected chi connectivity index (χ1v) is 7.37. The van der Waals surface area contributed by atoms with E-state index in [2.05, 4.69) is 26.4 Å². The van der Waals surface area contributed by atoms with Crippen molar-refractivity contribution in [1.29, 1.82) is 5.26 Å². The normalized spacial score (nSPS) is 20.3. The maximum Gasteiger partial charge on any atom is 0.254 e. The van der Waals surface area contributed by atoms with Gasteiger partial charge in [0.05, 0.1) is 18.2 Å². The number of benzene rings is 1. The summed E-state index contributed by atoms with van der Waals surface area (Å²) in [7, 11) is 0. The molecule has 2 heterocycles. The summed E-state index contributed by atoms with van der Waals surface area (Å²) in [4.78, 5) is 18.1. The number of nitrogens with one attached hydrogen (secondary N) is 1. The summed E-state index contributed by atoms with van der Waals surface area (Å²) in [5.74, 6) is 0.838. The quantitative estimate of drug-likeness (QED) is 0.922. The summed E-state index contributed by atoms with van der Waals surface area (Å²) >= 11 is 0. The van der Waals surface area contributed by atoms with Crippen LogP contribution in [0.4, 0.5) is 5.69 Å². The third kappa shape index (κ3) is 2.88. The molecule has 0 aliphatic carbocycles. The van der Waals surface area contributed by atoms with Crippen LogP contribution in [0.1, 0.15) is 30.6 Å². The van der Waals surface area contributed by atoms with E-state index in [0.29, 0.717) is 30.2 Å². The lowest BCUT2D eigenvalue weighted by atomic mass is 9.98. The molecule has 2 aromatic rings. The van der Waals surface area contributed by atoms with E-state index in [1.165, 1.54) is 6.92 Å². The minimum atomic E-state index is -0.680. The van der Waals surface area contributed by atoms with E-state index in [0.717, 1.165) is 12.2 Å². The van der Waals surface area contributed by atoms with Gasteiger partial charge in [0.25, 0.3) is 5.89 Å². The van der Waals surface area contributed by atoms with Gasteiger partial charge in [0, 0.05) is 19.2 Å². The molecule has 1 saturated heterocycles. The summed E-state index contributed by atoms with van der Waals surface area (Å²) < 4.78 is 5.33. The number of amides is 1. The maximum atomic E-state index is 11.7. The second-order valence-electron chi connectivity index (χ2n) is 5.74. The first-order valence-electron chi connectivity index (χ1n) is 7.37. The van der Waals surface area contributed by atoms with Crippen LogP contribution in [0.2, 0.25) is 0 Å². The number of hydrogen-bond acceptors (Lipinski definition) is 6. The molecule has 1 N–H and O–H groups in total. The Morgan fingerprint density at radius 2 is 2.17 bits per heavy atom. The molecule has 118 valence electrons. The molecule has 1 aromatic heterocycles. The molecule has 1 unspecified atom stereocenters. The predicted octanol–water partition coefficient (Wildman–Crippen LogP) is 1.49. The van der Waals surface area contributed by atoms with Crippen molar-refractivity contribution in [1.82, 2.24) is 15.5 Å². The Hall–Kier alpha value is -2.88. The third-order valence-electron chi connectivity index (χ3n) is 3.98. The minimum absolute atomic E-state index is 0.137. The lowest BCUT2D eigenvalue weighted by molar-refractivity contribution is -0.121. The molecule has 7 heteroatoms. The molecule has 1 fully saturated rings. The zero-order chi connectivity index (χ0) is 16.4. The molecule has 0 spiro atoms. The standard InChI is InChI=1S/C16H17N5O2/c1-11-18-15(23-20-11)16(19-12(2)22)7-8-21(10-16)14-5-3-13(9-17)4-6-14/h3-6H,7-8,10H2,1-2H3,(H,19,22). The van der Waals surface area contributed by atoms with Crippen LogP contribution in [-0.4, -0.2) is 29.1 Å². The van der Waals surface area contributed by atoms with E-state index in [4.69, 9.17) is 9.78 Å². The molecule has 1 amide bonds. The second-order valence-corrected chi connectivity index (χ2v) is 5.74. The number of aryl methyl sites for hydroxylation is 1. The van der Waals surface area contributed by atoms with E-state index < -0.39 is 5.54 Å². The average Bonchev–Trinajstić information content (AvgIpc) is 3.14. The van der Waals surface area contributed by atoms with Crippen LogP contribution in [-0.2, 0) is 10.3 Å². The molecule has 23 heavy (non-hydrogen) atoms. The van der Waals surface area contributed by atoms with E-state index in [1.54, 1.807) is 19.1 Å². The van der Waals surface area contributed by atoms with Crippen LogP contribution < -0.4 is 10.2 Å². The molecule has 1 aliphatic heterocycles. The third-order valence-corrected chi connectivity index (χ3v) is 3.98. The fraction of sp³-hybridized carbons (Fsp3) is 0.375. The summed E-state index contributed by atoms with van der Waals surface area (Å²) in [6.07, 6.45) is 0.675. The lowest BCUT2D eigenvalue weighted by Crippen LogP contribution is -2.47. The van der Waals surface area contributed by atoms with Gasteiger partial charge in [-0.3, -0.25) is 4.79 Å². The van der Waals surface area contributed by atoms with Gasteiger partial charge in [0.2, 0.25) is 5.91 Å². The van der Waals surface area contributed by atoms with Crippen LogP contribution >= 0.6 is 0 Å². The van der Waals surface area contributed by atoms with Gasteiger partial charge in [-0.25, -0.2) is 0 Å². The number of carbonyl (C=O) groups excluding carboxylic acids is 1. The number of rotatable bonds is 3. The van der Waals surface area contributed by atoms with E-state index in [-0.39, 0.29) is 5.91 Å². The molecule has 1 atom stereocenters. The smallest absolute Gasteiger partial charge is 0.254 e. The number of nitriles is 1. The van der Waals surface area contributed by atoms with E-state index in [9.17, 15) is 4.79 Å². The predicted molar refractivity (Wildman–Crippen MR) is 82.5 cm³/mol. The van der Waals surface area contributed by atoms with Gasteiger partial charge in [-0.05, 0) is 37.6 Å². The topological polar surface area (TPSA) is 95.1 Å². The molecular weight excluding hydrogens is 294 g/mol. The highest BCUT2D eigenvalue weighted by molar-refractivity contribution is 5.74. The highest BCUT2D eigenvalue weighted by Crippen LogP contribution is 2.34. The lowest BCUT2D eigenvalue weighted by Gasteiger charge is -2.27. The average molecular weight is 311 g/mol. The van der Waals surface area contributed by atoms with Gasteiger partial charge in [0.15, 0.2) is 5.82 Å². The molecule has 1 aliphatic rings. The molecule has 7 nitrogen and oxygen atoms in total. The Morgan fingerprint density at radius 1 is 1.43 bits per heavy atom. The van der Waals surface area contributed by atoms with Crippen molar-refractivity contribution in [2.24, 2.45) is 0 Å². The van der Waals surface area contributed by atoms with Crippen molar-refractivity contribution in [3.63, 3.8) is 0 Å². The zero-order valence-electron chi connectivity index (χ0n) is 13.0. The molecule has 0 saturated carbocycles. The summed E-state index contributed by atoms with van der Waals surface area (Å²) in [5.41, 5.74) is 0.933. The van der Waals surface area contributed by atoms with E-state index in [1.807, 2.05) is 12.1 Å². The Kier molecular flexibility index (Phi) is 3.74. The Morgan fingerprint density at radius 3 is 2.74 bits per heavy atom. The van der Waals surface area contributed by atoms with Crippen molar-refractivity contribution in [3.05, 3.63) is 41.5 Å². The number of carbonyl (C=O) groups is 1. The maximum absolute atomic E-state index is 11.7. The van der Waals surface area contributed by atoms with Gasteiger partial charge < -0.3 is 14.7 Å². The van der Waals surface area contributed by atoms with Crippen LogP contribution in [0.15, 0.2) is 28.8 Å². The van der Waals surface area contributed by atoms with Crippen molar-refractivity contribution >= 4 is 11.6 Å². The number of anilines is 1. The van der Waals surface area contributed by atoms with E-state index >= 15 is 0 Å². The van der Waals surface area contributed by atoms with Crippen molar-refractivity contribution in [3.8, 4) is 6.07 Å². The van der Waals surface area contributed by atoms with Gasteiger partial charge in [-0.2, -0.15) is 10.2 Å². The SMILES string of the molecule is CC(=O)NC1(c2nc(C)no2)CCN(c2ccc(C#N)cc2)C1. The molecule has 0 radical (unpaired) electrons. The highest BCUT2D eigenvalue weighted by atomic mass is 16.5. The van der Waals surface area contributed by atoms with Crippen LogP contribution in [0.5, 0.6) is 0 Å². The number of hydrogen-bond donors (Lipinski definition) is 1. The van der Waals surface area contributed by atoms with Gasteiger partial charge in [-0.15, -0.1) is 0 Å². The van der Waals surface area contributed by atoms with Crippen LogP contribution in [0, 0.1) is 18.3 Å². The molecular formula is C16H17N5O2. The van der Waals surface area contributed by atoms with Gasteiger partial charge in [0.1, 0.15) is 5.54 Å². The Balaban J connectivity index is 1.88. The van der Waals surface area contributed by atoms with Crippen LogP contribution in [0.25, 0.3) is 0 Å². The van der Waals surface area contributed by atoms with Crippen molar-refractivity contribution < 1.29 is 9.32 Å². The first-order chi connectivity index (χ1) is 11.0. The summed E-state index contributed by atoms with van der Waals surface area (Å²) in [6.45, 7) is 4.52. The second kappa shape index (κ2) is 5.72. The monoisotopic (exact) mass is 311 g/mol. The minimum Gasteiger partial charge on any atom is -0.369 e. The van der Waals surface area contributed by atoms with Crippen molar-refractivity contribution in [2.45, 2.75) is 25.8 Å². The fourth-order valence-electron chi connectivity index (χ4n) is 2.94. The fourth-order valence-corrected chi connectivity index (χ4v) is 2.94. The first kappa shape index (κ1) is 15.0. The summed E-state index contributed by atoms with van der Waals surface area (Å²) in [5, 5.41) is 15.7. The molecule has 0 bridgehead atoms. The van der Waals surface area contributed by atoms with Crippen molar-refractivity contribution in [2.75, 3.05) is 18.0 Å². The molecule has 3 rings (SSSR count). The largest absolute Gasteiger partial charge is 0.369 e. The highest BCUT2D eigenvalue weighted by Gasteiger charge is 2.45. The Bertz CT molecular complexity index is 762. The molecule has 1 aromatic carbocycles. The Labute approximate surface area is 133 Å². The van der Waals surface area contributed by atoms with Gasteiger partial charge in [-0.1, -0.05) is 5.16 Å². The van der Waals surface area contributed by atoms with Gasteiger partial charge >= 0.3 is 0 Å². The zero-order valence-corrected chi connectivity index (χ0v) is 13.0. The van der Waals surface area contributed by atoms with Crippen LogP contribution in [0.3, 0.4) is 0 Å².